The second-order valence-corrected chi connectivity index (χ2v) is 4.10. The van der Waals surface area contributed by atoms with Crippen LogP contribution in [-0.2, 0) is 6.54 Å². The molecular formula is C14H18N3O3+. The van der Waals surface area contributed by atoms with E-state index >= 15 is 0 Å². The largest absolute Gasteiger partial charge is 0.493 e. The molecule has 1 heterocycles. The summed E-state index contributed by atoms with van der Waals surface area (Å²) < 4.78 is 15.6. The molecule has 1 aromatic heterocycles. The van der Waals surface area contributed by atoms with E-state index in [4.69, 9.17) is 14.0 Å². The summed E-state index contributed by atoms with van der Waals surface area (Å²) in [5.41, 5.74) is 0.821. The van der Waals surface area contributed by atoms with Crippen molar-refractivity contribution in [3.63, 3.8) is 0 Å². The second kappa shape index (κ2) is 6.72. The first-order chi connectivity index (χ1) is 9.78. The first-order valence-corrected chi connectivity index (χ1v) is 6.26. The molecule has 20 heavy (non-hydrogen) atoms. The minimum atomic E-state index is 0.535. The molecule has 0 saturated heterocycles. The van der Waals surface area contributed by atoms with E-state index in [0.29, 0.717) is 29.8 Å². The molecule has 0 radical (unpaired) electrons. The summed E-state index contributed by atoms with van der Waals surface area (Å²) in [5.74, 6) is 2.42. The average molecular weight is 276 g/mol. The van der Waals surface area contributed by atoms with Gasteiger partial charge in [0, 0.05) is 5.56 Å². The van der Waals surface area contributed by atoms with Crippen LogP contribution in [0.4, 0.5) is 0 Å². The van der Waals surface area contributed by atoms with Gasteiger partial charge in [-0.1, -0.05) is 11.7 Å². The van der Waals surface area contributed by atoms with Crippen LogP contribution in [0.25, 0.3) is 11.4 Å². The number of ether oxygens (including phenoxy) is 2. The third-order valence-electron chi connectivity index (χ3n) is 2.76. The number of methoxy groups -OCH3 is 2. The summed E-state index contributed by atoms with van der Waals surface area (Å²) in [7, 11) is 3.19. The number of nitrogens with zero attached hydrogens (tertiary/aromatic N) is 2. The lowest BCUT2D eigenvalue weighted by Gasteiger charge is -2.07. The Morgan fingerprint density at radius 2 is 2.10 bits per heavy atom. The highest BCUT2D eigenvalue weighted by molar-refractivity contribution is 5.60. The topological polar surface area (TPSA) is 74.0 Å². The van der Waals surface area contributed by atoms with E-state index in [1.54, 1.807) is 14.2 Å². The minimum Gasteiger partial charge on any atom is -0.493 e. The van der Waals surface area contributed by atoms with Crippen LogP contribution in [0.5, 0.6) is 11.5 Å². The first-order valence-electron chi connectivity index (χ1n) is 6.26. The van der Waals surface area contributed by atoms with Crippen LogP contribution in [0.1, 0.15) is 5.89 Å². The van der Waals surface area contributed by atoms with Gasteiger partial charge in [0.25, 0.3) is 5.89 Å². The summed E-state index contributed by atoms with van der Waals surface area (Å²) >= 11 is 0. The SMILES string of the molecule is C=CC[NH2+]Cc1nc(-c2ccc(OC)c(OC)c2)no1. The van der Waals surface area contributed by atoms with Crippen molar-refractivity contribution < 1.29 is 19.3 Å². The number of rotatable bonds is 7. The first kappa shape index (κ1) is 14.1. The molecule has 0 aliphatic heterocycles. The Bertz CT molecular complexity index is 581. The normalized spacial score (nSPS) is 10.3. The summed E-state index contributed by atoms with van der Waals surface area (Å²) in [5, 5.41) is 5.99. The molecule has 2 N–H and O–H groups in total. The molecular weight excluding hydrogens is 258 g/mol. The van der Waals surface area contributed by atoms with Crippen LogP contribution in [0.2, 0.25) is 0 Å². The van der Waals surface area contributed by atoms with Gasteiger partial charge in [-0.15, -0.1) is 0 Å². The Kier molecular flexibility index (Phi) is 4.73. The highest BCUT2D eigenvalue weighted by atomic mass is 16.5. The smallest absolute Gasteiger partial charge is 0.282 e. The average Bonchev–Trinajstić information content (AvgIpc) is 2.95. The number of aromatic nitrogens is 2. The Balaban J connectivity index is 2.17. The van der Waals surface area contributed by atoms with Gasteiger partial charge >= 0.3 is 0 Å². The quantitative estimate of drug-likeness (QED) is 0.603. The van der Waals surface area contributed by atoms with Crippen LogP contribution in [0.15, 0.2) is 35.4 Å². The van der Waals surface area contributed by atoms with E-state index in [-0.39, 0.29) is 0 Å². The van der Waals surface area contributed by atoms with Crippen molar-refractivity contribution in [2.75, 3.05) is 20.8 Å². The predicted molar refractivity (Wildman–Crippen MR) is 73.5 cm³/mol. The highest BCUT2D eigenvalue weighted by Crippen LogP contribution is 2.31. The van der Waals surface area contributed by atoms with Crippen molar-refractivity contribution in [2.45, 2.75) is 6.54 Å². The van der Waals surface area contributed by atoms with Gasteiger partial charge < -0.3 is 19.3 Å². The van der Waals surface area contributed by atoms with Crippen LogP contribution < -0.4 is 14.8 Å². The zero-order chi connectivity index (χ0) is 14.4. The van der Waals surface area contributed by atoms with Gasteiger partial charge in [-0.25, -0.2) is 0 Å². The zero-order valence-electron chi connectivity index (χ0n) is 11.6. The van der Waals surface area contributed by atoms with E-state index in [1.807, 2.05) is 29.6 Å². The molecule has 0 saturated carbocycles. The maximum Gasteiger partial charge on any atom is 0.282 e. The molecule has 0 fully saturated rings. The number of nitrogens with two attached hydrogens (primary N) is 1. The molecule has 0 atom stereocenters. The molecule has 2 aromatic rings. The fourth-order valence-electron chi connectivity index (χ4n) is 1.76. The third-order valence-corrected chi connectivity index (χ3v) is 2.76. The van der Waals surface area contributed by atoms with E-state index in [0.717, 1.165) is 12.1 Å². The number of hydrogen-bond donors (Lipinski definition) is 1. The maximum atomic E-state index is 5.26. The molecule has 0 spiro atoms. The molecule has 2 rings (SSSR count). The van der Waals surface area contributed by atoms with E-state index in [1.165, 1.54) is 0 Å². The molecule has 6 nitrogen and oxygen atoms in total. The van der Waals surface area contributed by atoms with Crippen LogP contribution in [0, 0.1) is 0 Å². The molecule has 0 aliphatic rings. The zero-order valence-corrected chi connectivity index (χ0v) is 11.6. The standard InChI is InChI=1S/C14H17N3O3/c1-4-7-15-9-13-16-14(17-20-13)10-5-6-11(18-2)12(8-10)19-3/h4-6,8,15H,1,7,9H2,2-3H3/p+1. The van der Waals surface area contributed by atoms with Gasteiger partial charge in [-0.05, 0) is 24.3 Å². The Morgan fingerprint density at radius 1 is 1.30 bits per heavy atom. The van der Waals surface area contributed by atoms with Crippen LogP contribution in [0.3, 0.4) is 0 Å². The predicted octanol–water partition coefficient (Wildman–Crippen LogP) is 1.00. The lowest BCUT2D eigenvalue weighted by molar-refractivity contribution is -0.664. The summed E-state index contributed by atoms with van der Waals surface area (Å²) in [6.45, 7) is 5.10. The maximum absolute atomic E-state index is 5.26. The fraction of sp³-hybridized carbons (Fsp3) is 0.286. The van der Waals surface area contributed by atoms with Gasteiger partial charge in [0.15, 0.2) is 18.0 Å². The second-order valence-electron chi connectivity index (χ2n) is 4.10. The van der Waals surface area contributed by atoms with Gasteiger partial charge in [-0.3, -0.25) is 0 Å². The van der Waals surface area contributed by atoms with Gasteiger partial charge in [0.05, 0.1) is 20.8 Å². The lowest BCUT2D eigenvalue weighted by Crippen LogP contribution is -2.82. The van der Waals surface area contributed by atoms with E-state index in [9.17, 15) is 0 Å². The van der Waals surface area contributed by atoms with Crippen molar-refractivity contribution in [1.29, 1.82) is 0 Å². The molecule has 0 bridgehead atoms. The van der Waals surface area contributed by atoms with E-state index in [2.05, 4.69) is 16.7 Å². The highest BCUT2D eigenvalue weighted by Gasteiger charge is 2.12. The molecule has 0 unspecified atom stereocenters. The van der Waals surface area contributed by atoms with Crippen molar-refractivity contribution in [3.8, 4) is 22.9 Å². The van der Waals surface area contributed by atoms with Crippen LogP contribution in [-0.4, -0.2) is 30.9 Å². The molecule has 0 aliphatic carbocycles. The lowest BCUT2D eigenvalue weighted by atomic mass is 10.2. The summed E-state index contributed by atoms with van der Waals surface area (Å²) in [4.78, 5) is 4.34. The molecule has 106 valence electrons. The van der Waals surface area contributed by atoms with Crippen molar-refractivity contribution >= 4 is 0 Å². The summed E-state index contributed by atoms with van der Waals surface area (Å²) in [6.07, 6.45) is 1.83. The summed E-state index contributed by atoms with van der Waals surface area (Å²) in [6, 6.07) is 5.50. The Labute approximate surface area is 117 Å². The van der Waals surface area contributed by atoms with Gasteiger partial charge in [-0.2, -0.15) is 4.98 Å². The van der Waals surface area contributed by atoms with E-state index < -0.39 is 0 Å². The van der Waals surface area contributed by atoms with Gasteiger partial charge in [0.1, 0.15) is 0 Å². The molecule has 6 heteroatoms. The van der Waals surface area contributed by atoms with Crippen molar-refractivity contribution in [2.24, 2.45) is 0 Å². The molecule has 0 amide bonds. The van der Waals surface area contributed by atoms with Gasteiger partial charge in [0.2, 0.25) is 5.82 Å². The Hall–Kier alpha value is -2.34. The van der Waals surface area contributed by atoms with Crippen molar-refractivity contribution in [3.05, 3.63) is 36.7 Å². The number of benzene rings is 1. The number of hydrogen-bond acceptors (Lipinski definition) is 5. The van der Waals surface area contributed by atoms with Crippen molar-refractivity contribution in [1.82, 2.24) is 10.1 Å². The number of quaternary nitrogens is 1. The van der Waals surface area contributed by atoms with Crippen LogP contribution >= 0.6 is 0 Å². The Morgan fingerprint density at radius 3 is 2.80 bits per heavy atom. The monoisotopic (exact) mass is 276 g/mol. The minimum absolute atomic E-state index is 0.535. The molecule has 1 aromatic carbocycles. The fourth-order valence-corrected chi connectivity index (χ4v) is 1.76. The third kappa shape index (κ3) is 3.16.